The quantitative estimate of drug-likeness (QED) is 0.722. The number of amides is 2. The first-order valence-corrected chi connectivity index (χ1v) is 11.7. The highest BCUT2D eigenvalue weighted by molar-refractivity contribution is 7.94. The molecule has 0 aromatic heterocycles. The van der Waals surface area contributed by atoms with Gasteiger partial charge in [0, 0.05) is 31.9 Å². The van der Waals surface area contributed by atoms with Crippen LogP contribution in [0.2, 0.25) is 5.02 Å². The van der Waals surface area contributed by atoms with Crippen molar-refractivity contribution in [3.63, 3.8) is 0 Å². The number of para-hydroxylation sites is 1. The molecule has 2 aromatic rings. The predicted octanol–water partition coefficient (Wildman–Crippen LogP) is 2.61. The Bertz CT molecular complexity index is 1080. The van der Waals surface area contributed by atoms with E-state index in [1.807, 2.05) is 30.3 Å². The maximum atomic E-state index is 13.0. The Morgan fingerprint density at radius 1 is 1.00 bits per heavy atom. The molecule has 158 valence electrons. The number of carbonyl (C=O) groups is 2. The van der Waals surface area contributed by atoms with Gasteiger partial charge in [0.15, 0.2) is 0 Å². The van der Waals surface area contributed by atoms with E-state index in [4.69, 9.17) is 11.6 Å². The number of piperazine rings is 1. The van der Waals surface area contributed by atoms with Gasteiger partial charge in [-0.2, -0.15) is 0 Å². The lowest BCUT2D eigenvalue weighted by molar-refractivity contribution is -0.119. The van der Waals surface area contributed by atoms with Crippen molar-refractivity contribution in [1.82, 2.24) is 4.90 Å². The lowest BCUT2D eigenvalue weighted by atomic mass is 10.1. The van der Waals surface area contributed by atoms with Gasteiger partial charge in [-0.1, -0.05) is 36.7 Å². The summed E-state index contributed by atoms with van der Waals surface area (Å²) < 4.78 is 25.4. The highest BCUT2D eigenvalue weighted by Gasteiger charge is 2.42. The number of rotatable bonds is 3. The fourth-order valence-corrected chi connectivity index (χ4v) is 5.94. The average Bonchev–Trinajstić information content (AvgIpc) is 2.94. The van der Waals surface area contributed by atoms with Crippen molar-refractivity contribution in [3.05, 3.63) is 59.1 Å². The van der Waals surface area contributed by atoms with Crippen LogP contribution in [0.25, 0.3) is 0 Å². The lowest BCUT2D eigenvalue weighted by Crippen LogP contribution is -2.48. The monoisotopic (exact) mass is 447 g/mol. The minimum absolute atomic E-state index is 0.130. The van der Waals surface area contributed by atoms with Crippen molar-refractivity contribution < 1.29 is 18.0 Å². The van der Waals surface area contributed by atoms with Crippen molar-refractivity contribution in [2.45, 2.75) is 6.92 Å². The molecule has 4 rings (SSSR count). The zero-order chi connectivity index (χ0) is 21.5. The van der Waals surface area contributed by atoms with Gasteiger partial charge in [-0.3, -0.25) is 9.59 Å². The van der Waals surface area contributed by atoms with E-state index in [0.29, 0.717) is 31.7 Å². The molecule has 2 saturated heterocycles. The van der Waals surface area contributed by atoms with E-state index in [1.165, 1.54) is 18.2 Å². The fraction of sp³-hybridized carbons (Fsp3) is 0.333. The highest BCUT2D eigenvalue weighted by atomic mass is 35.5. The summed E-state index contributed by atoms with van der Waals surface area (Å²) in [4.78, 5) is 29.2. The summed E-state index contributed by atoms with van der Waals surface area (Å²) in [7, 11) is -3.72. The van der Waals surface area contributed by atoms with E-state index in [2.05, 4.69) is 4.90 Å². The SMILES string of the molecule is C[C@H]1CS(=O)(=O)N(c2ccc(C(=O)N3CCN(c4ccccc4)CC3)c(Cl)c2)C1=O. The van der Waals surface area contributed by atoms with E-state index in [9.17, 15) is 18.0 Å². The van der Waals surface area contributed by atoms with Crippen molar-refractivity contribution in [1.29, 1.82) is 0 Å². The molecule has 2 aliphatic heterocycles. The predicted molar refractivity (Wildman–Crippen MR) is 116 cm³/mol. The molecule has 7 nitrogen and oxygen atoms in total. The molecule has 30 heavy (non-hydrogen) atoms. The van der Waals surface area contributed by atoms with E-state index >= 15 is 0 Å². The molecule has 0 unspecified atom stereocenters. The molecule has 2 amide bonds. The Labute approximate surface area is 180 Å². The Balaban J connectivity index is 1.49. The first kappa shape index (κ1) is 20.7. The van der Waals surface area contributed by atoms with Crippen LogP contribution in [0.3, 0.4) is 0 Å². The van der Waals surface area contributed by atoms with Gasteiger partial charge in [-0.05, 0) is 30.3 Å². The molecule has 1 atom stereocenters. The van der Waals surface area contributed by atoms with Gasteiger partial charge >= 0.3 is 0 Å². The molecular weight excluding hydrogens is 426 g/mol. The number of hydrogen-bond acceptors (Lipinski definition) is 5. The number of sulfonamides is 1. The van der Waals surface area contributed by atoms with Crippen LogP contribution in [0.1, 0.15) is 17.3 Å². The van der Waals surface area contributed by atoms with E-state index in [-0.39, 0.29) is 22.4 Å². The molecule has 0 spiro atoms. The van der Waals surface area contributed by atoms with Crippen molar-refractivity contribution in [2.75, 3.05) is 41.1 Å². The van der Waals surface area contributed by atoms with E-state index in [1.54, 1.807) is 11.8 Å². The summed E-state index contributed by atoms with van der Waals surface area (Å²) in [5.74, 6) is -1.52. The maximum Gasteiger partial charge on any atom is 0.255 e. The molecule has 0 saturated carbocycles. The Morgan fingerprint density at radius 3 is 2.23 bits per heavy atom. The largest absolute Gasteiger partial charge is 0.368 e. The van der Waals surface area contributed by atoms with Gasteiger partial charge in [-0.15, -0.1) is 0 Å². The van der Waals surface area contributed by atoms with Gasteiger partial charge < -0.3 is 9.80 Å². The Kier molecular flexibility index (Phi) is 5.46. The molecule has 9 heteroatoms. The van der Waals surface area contributed by atoms with Crippen LogP contribution < -0.4 is 9.21 Å². The second-order valence-electron chi connectivity index (χ2n) is 7.56. The molecule has 0 radical (unpaired) electrons. The summed E-state index contributed by atoms with van der Waals surface area (Å²) in [5.41, 5.74) is 1.59. The van der Waals surface area contributed by atoms with Gasteiger partial charge in [-0.25, -0.2) is 12.7 Å². The normalized spacial score (nSPS) is 21.2. The first-order chi connectivity index (χ1) is 14.3. The van der Waals surface area contributed by atoms with Gasteiger partial charge in [0.2, 0.25) is 15.9 Å². The van der Waals surface area contributed by atoms with Gasteiger partial charge in [0.25, 0.3) is 5.91 Å². The Morgan fingerprint density at radius 2 is 1.67 bits per heavy atom. The van der Waals surface area contributed by atoms with E-state index in [0.717, 1.165) is 9.99 Å². The number of carbonyl (C=O) groups excluding carboxylic acids is 2. The van der Waals surface area contributed by atoms with Crippen LogP contribution in [-0.2, 0) is 14.8 Å². The third-order valence-corrected chi connectivity index (χ3v) is 7.65. The van der Waals surface area contributed by atoms with Crippen LogP contribution >= 0.6 is 11.6 Å². The molecule has 0 N–H and O–H groups in total. The number of nitrogens with zero attached hydrogens (tertiary/aromatic N) is 3. The first-order valence-electron chi connectivity index (χ1n) is 9.73. The van der Waals surface area contributed by atoms with Crippen molar-refractivity contribution >= 4 is 44.8 Å². The van der Waals surface area contributed by atoms with Crippen LogP contribution in [-0.4, -0.2) is 57.1 Å². The van der Waals surface area contributed by atoms with Crippen molar-refractivity contribution in [2.24, 2.45) is 5.92 Å². The number of hydrogen-bond donors (Lipinski definition) is 0. The summed E-state index contributed by atoms with van der Waals surface area (Å²) >= 11 is 6.33. The molecule has 2 fully saturated rings. The van der Waals surface area contributed by atoms with Crippen LogP contribution in [0.15, 0.2) is 48.5 Å². The molecule has 0 aliphatic carbocycles. The number of anilines is 2. The molecular formula is C21H22ClN3O4S. The lowest BCUT2D eigenvalue weighted by Gasteiger charge is -2.36. The average molecular weight is 448 g/mol. The third kappa shape index (κ3) is 3.77. The maximum absolute atomic E-state index is 13.0. The van der Waals surface area contributed by atoms with Crippen molar-refractivity contribution in [3.8, 4) is 0 Å². The minimum atomic E-state index is -3.72. The minimum Gasteiger partial charge on any atom is -0.368 e. The van der Waals surface area contributed by atoms with Gasteiger partial charge in [0.1, 0.15) is 0 Å². The number of halogens is 1. The highest BCUT2D eigenvalue weighted by Crippen LogP contribution is 2.32. The second kappa shape index (κ2) is 7.92. The summed E-state index contributed by atoms with van der Waals surface area (Å²) in [6, 6.07) is 14.4. The summed E-state index contributed by atoms with van der Waals surface area (Å²) in [6.45, 7) is 4.12. The topological polar surface area (TPSA) is 78.0 Å². The zero-order valence-electron chi connectivity index (χ0n) is 16.5. The molecule has 2 aliphatic rings. The van der Waals surface area contributed by atoms with Crippen LogP contribution in [0.4, 0.5) is 11.4 Å². The standard InChI is InChI=1S/C21H22ClN3O4S/c1-15-14-30(28,29)25(20(15)26)17-7-8-18(19(22)13-17)21(27)24-11-9-23(10-12-24)16-5-3-2-4-6-16/h2-8,13,15H,9-12,14H2,1H3/t15-/m0/s1. The Hall–Kier alpha value is -2.58. The molecule has 2 aromatic carbocycles. The summed E-state index contributed by atoms with van der Waals surface area (Å²) in [6.07, 6.45) is 0. The van der Waals surface area contributed by atoms with E-state index < -0.39 is 21.8 Å². The van der Waals surface area contributed by atoms with Crippen LogP contribution in [0.5, 0.6) is 0 Å². The summed E-state index contributed by atoms with van der Waals surface area (Å²) in [5, 5.41) is 0.130. The van der Waals surface area contributed by atoms with Gasteiger partial charge in [0.05, 0.1) is 27.9 Å². The molecule has 2 heterocycles. The molecule has 0 bridgehead atoms. The zero-order valence-corrected chi connectivity index (χ0v) is 18.1. The number of benzene rings is 2. The third-order valence-electron chi connectivity index (χ3n) is 5.47. The van der Waals surface area contributed by atoms with Crippen LogP contribution in [0, 0.1) is 5.92 Å². The fourth-order valence-electron chi connectivity index (χ4n) is 3.87. The second-order valence-corrected chi connectivity index (χ2v) is 9.83. The smallest absolute Gasteiger partial charge is 0.255 e.